The van der Waals surface area contributed by atoms with Gasteiger partial charge < -0.3 is 9.64 Å². The molecule has 1 unspecified atom stereocenters. The molecular formula is C25H34N2O3. The molecule has 0 spiro atoms. The zero-order chi connectivity index (χ0) is 21.1. The summed E-state index contributed by atoms with van der Waals surface area (Å²) >= 11 is 0. The number of ether oxygens (including phenoxy) is 1. The highest BCUT2D eigenvalue weighted by Gasteiger charge is 2.45. The second kappa shape index (κ2) is 9.23. The molecule has 1 aliphatic carbocycles. The van der Waals surface area contributed by atoms with Gasteiger partial charge in [0.25, 0.3) is 11.8 Å². The van der Waals surface area contributed by atoms with E-state index in [-0.39, 0.29) is 17.9 Å². The number of hydrogen-bond donors (Lipinski definition) is 0. The molecule has 4 rings (SSSR count). The summed E-state index contributed by atoms with van der Waals surface area (Å²) in [5.41, 5.74) is 2.03. The lowest BCUT2D eigenvalue weighted by molar-refractivity contribution is -0.141. The maximum atomic E-state index is 13.6. The maximum Gasteiger partial charge on any atom is 0.278 e. The van der Waals surface area contributed by atoms with Crippen LogP contribution in [0.5, 0.6) is 5.75 Å². The number of nitrogens with zero attached hydrogens (tertiary/aromatic N) is 2. The molecule has 0 radical (unpaired) electrons. The van der Waals surface area contributed by atoms with Crippen LogP contribution >= 0.6 is 0 Å². The number of hydrogen-bond acceptors (Lipinski definition) is 4. The lowest BCUT2D eigenvalue weighted by Crippen LogP contribution is -2.44. The average Bonchev–Trinajstić information content (AvgIpc) is 3.03. The molecule has 2 amide bonds. The maximum absolute atomic E-state index is 13.6. The van der Waals surface area contributed by atoms with E-state index in [1.807, 2.05) is 24.3 Å². The van der Waals surface area contributed by atoms with Gasteiger partial charge in [-0.05, 0) is 55.7 Å². The Balaban J connectivity index is 1.69. The highest BCUT2D eigenvalue weighted by molar-refractivity contribution is 6.35. The number of benzene rings is 1. The second-order valence-corrected chi connectivity index (χ2v) is 9.06. The Labute approximate surface area is 180 Å². The quantitative estimate of drug-likeness (QED) is 0.642. The van der Waals surface area contributed by atoms with Crippen molar-refractivity contribution in [2.75, 3.05) is 19.7 Å². The molecule has 1 atom stereocenters. The van der Waals surface area contributed by atoms with Crippen LogP contribution in [0.4, 0.5) is 0 Å². The summed E-state index contributed by atoms with van der Waals surface area (Å²) in [5, 5.41) is 0. The summed E-state index contributed by atoms with van der Waals surface area (Å²) in [6, 6.07) is 7.73. The van der Waals surface area contributed by atoms with E-state index in [9.17, 15) is 9.59 Å². The number of piperidine rings is 1. The fourth-order valence-corrected chi connectivity index (χ4v) is 5.09. The average molecular weight is 411 g/mol. The number of carbonyl (C=O) groups excluding carboxylic acids is 2. The fraction of sp³-hybridized carbons (Fsp3) is 0.600. The van der Waals surface area contributed by atoms with Gasteiger partial charge in [0, 0.05) is 19.1 Å². The predicted molar refractivity (Wildman–Crippen MR) is 118 cm³/mol. The lowest BCUT2D eigenvalue weighted by Gasteiger charge is -2.34. The van der Waals surface area contributed by atoms with Crippen molar-refractivity contribution in [2.45, 2.75) is 71.3 Å². The Bertz CT molecular complexity index is 808. The van der Waals surface area contributed by atoms with Crippen molar-refractivity contribution in [3.63, 3.8) is 0 Å². The van der Waals surface area contributed by atoms with Gasteiger partial charge in [0.05, 0.1) is 12.2 Å². The van der Waals surface area contributed by atoms with E-state index in [4.69, 9.17) is 4.74 Å². The molecule has 5 heteroatoms. The van der Waals surface area contributed by atoms with Crippen molar-refractivity contribution >= 4 is 17.4 Å². The van der Waals surface area contributed by atoms with Crippen LogP contribution in [0.15, 0.2) is 30.0 Å². The first kappa shape index (κ1) is 21.0. The SMILES string of the molecule is CCCOc1ccc(C2=C(N3CCCC(C)C3)C(=O)N(C3CCCCC3)C2=O)cc1. The minimum absolute atomic E-state index is 0.0422. The minimum Gasteiger partial charge on any atom is -0.494 e. The summed E-state index contributed by atoms with van der Waals surface area (Å²) in [4.78, 5) is 31.0. The molecule has 162 valence electrons. The Kier molecular flexibility index (Phi) is 6.45. The smallest absolute Gasteiger partial charge is 0.278 e. The van der Waals surface area contributed by atoms with Crippen LogP contribution in [0.2, 0.25) is 0 Å². The van der Waals surface area contributed by atoms with Gasteiger partial charge in [0.2, 0.25) is 0 Å². The van der Waals surface area contributed by atoms with Gasteiger partial charge >= 0.3 is 0 Å². The van der Waals surface area contributed by atoms with E-state index >= 15 is 0 Å². The lowest BCUT2D eigenvalue weighted by atomic mass is 9.94. The largest absolute Gasteiger partial charge is 0.494 e. The van der Waals surface area contributed by atoms with Crippen LogP contribution in [0, 0.1) is 5.92 Å². The Morgan fingerprint density at radius 3 is 2.37 bits per heavy atom. The van der Waals surface area contributed by atoms with Crippen LogP contribution in [0.25, 0.3) is 5.57 Å². The van der Waals surface area contributed by atoms with Gasteiger partial charge in [-0.2, -0.15) is 0 Å². The zero-order valence-electron chi connectivity index (χ0n) is 18.4. The highest BCUT2D eigenvalue weighted by Crippen LogP contribution is 2.37. The third-order valence-electron chi connectivity index (χ3n) is 6.62. The molecule has 1 aromatic rings. The van der Waals surface area contributed by atoms with E-state index in [2.05, 4.69) is 18.7 Å². The van der Waals surface area contributed by atoms with Crippen molar-refractivity contribution in [3.05, 3.63) is 35.5 Å². The first-order chi connectivity index (χ1) is 14.6. The van der Waals surface area contributed by atoms with Gasteiger partial charge in [-0.3, -0.25) is 14.5 Å². The molecule has 1 aromatic carbocycles. The zero-order valence-corrected chi connectivity index (χ0v) is 18.4. The van der Waals surface area contributed by atoms with Gasteiger partial charge in [-0.25, -0.2) is 0 Å². The molecule has 30 heavy (non-hydrogen) atoms. The Morgan fingerprint density at radius 2 is 1.70 bits per heavy atom. The number of imide groups is 1. The number of carbonyl (C=O) groups is 2. The first-order valence-corrected chi connectivity index (χ1v) is 11.7. The van der Waals surface area contributed by atoms with E-state index in [0.717, 1.165) is 62.9 Å². The van der Waals surface area contributed by atoms with Crippen molar-refractivity contribution in [2.24, 2.45) is 5.92 Å². The summed E-state index contributed by atoms with van der Waals surface area (Å²) in [6.45, 7) is 6.67. The van der Waals surface area contributed by atoms with Crippen LogP contribution in [-0.4, -0.2) is 47.4 Å². The van der Waals surface area contributed by atoms with E-state index < -0.39 is 0 Å². The van der Waals surface area contributed by atoms with Crippen molar-refractivity contribution < 1.29 is 14.3 Å². The predicted octanol–water partition coefficient (Wildman–Crippen LogP) is 4.62. The molecule has 1 saturated carbocycles. The molecule has 2 aliphatic heterocycles. The van der Waals surface area contributed by atoms with E-state index in [1.165, 1.54) is 12.8 Å². The van der Waals surface area contributed by atoms with Gasteiger partial charge in [0.15, 0.2) is 0 Å². The Hall–Kier alpha value is -2.30. The third kappa shape index (κ3) is 4.12. The second-order valence-electron chi connectivity index (χ2n) is 9.06. The molecule has 5 nitrogen and oxygen atoms in total. The van der Waals surface area contributed by atoms with Crippen LogP contribution in [0.3, 0.4) is 0 Å². The van der Waals surface area contributed by atoms with E-state index in [0.29, 0.717) is 23.8 Å². The molecule has 1 saturated heterocycles. The topological polar surface area (TPSA) is 49.9 Å². The summed E-state index contributed by atoms with van der Waals surface area (Å²) in [5.74, 6) is 1.14. The molecule has 2 heterocycles. The summed E-state index contributed by atoms with van der Waals surface area (Å²) < 4.78 is 5.71. The highest BCUT2D eigenvalue weighted by atomic mass is 16.5. The first-order valence-electron chi connectivity index (χ1n) is 11.7. The fourth-order valence-electron chi connectivity index (χ4n) is 5.09. The molecule has 0 bridgehead atoms. The monoisotopic (exact) mass is 410 g/mol. The van der Waals surface area contributed by atoms with Crippen molar-refractivity contribution in [3.8, 4) is 5.75 Å². The molecule has 3 aliphatic rings. The number of rotatable bonds is 6. The minimum atomic E-state index is -0.109. The Morgan fingerprint density at radius 1 is 0.967 bits per heavy atom. The normalized spacial score (nSPS) is 23.5. The van der Waals surface area contributed by atoms with Gasteiger partial charge in [0.1, 0.15) is 11.4 Å². The molecule has 0 N–H and O–H groups in total. The van der Waals surface area contributed by atoms with E-state index in [1.54, 1.807) is 4.90 Å². The van der Waals surface area contributed by atoms with Gasteiger partial charge in [-0.1, -0.05) is 45.2 Å². The number of likely N-dealkylation sites (tertiary alicyclic amines) is 1. The van der Waals surface area contributed by atoms with Gasteiger partial charge in [-0.15, -0.1) is 0 Å². The van der Waals surface area contributed by atoms with Crippen molar-refractivity contribution in [1.82, 2.24) is 9.80 Å². The van der Waals surface area contributed by atoms with Crippen LogP contribution in [-0.2, 0) is 9.59 Å². The summed E-state index contributed by atoms with van der Waals surface area (Å²) in [7, 11) is 0. The standard InChI is InChI=1S/C25H34N2O3/c1-3-16-30-21-13-11-19(12-14-21)22-23(26-15-7-8-18(2)17-26)25(29)27(24(22)28)20-9-5-4-6-10-20/h11-14,18,20H,3-10,15-17H2,1-2H3. The van der Waals surface area contributed by atoms with Crippen LogP contribution < -0.4 is 4.74 Å². The number of amides is 2. The van der Waals surface area contributed by atoms with Crippen LogP contribution in [0.1, 0.15) is 70.8 Å². The summed E-state index contributed by atoms with van der Waals surface area (Å²) in [6.07, 6.45) is 8.43. The molecular weight excluding hydrogens is 376 g/mol. The molecule has 0 aromatic heterocycles. The van der Waals surface area contributed by atoms with Crippen molar-refractivity contribution in [1.29, 1.82) is 0 Å². The molecule has 2 fully saturated rings. The third-order valence-corrected chi connectivity index (χ3v) is 6.62.